The van der Waals surface area contributed by atoms with Crippen LogP contribution in [-0.2, 0) is 0 Å². The van der Waals surface area contributed by atoms with Gasteiger partial charge in [-0.25, -0.2) is 4.52 Å². The van der Waals surface area contributed by atoms with Gasteiger partial charge in [-0.15, -0.1) is 5.10 Å². The van der Waals surface area contributed by atoms with Gasteiger partial charge >= 0.3 is 0 Å². The largest absolute Gasteiger partial charge is 0.203 e. The van der Waals surface area contributed by atoms with Gasteiger partial charge in [0, 0.05) is 0 Å². The Morgan fingerprint density at radius 3 is 3.18 bits per heavy atom. The molecule has 2 aromatic rings. The molecule has 0 aliphatic carbocycles. The molecule has 2 rings (SSSR count). The van der Waals surface area contributed by atoms with Gasteiger partial charge < -0.3 is 0 Å². The maximum atomic E-state index is 8.62. The van der Waals surface area contributed by atoms with E-state index in [0.717, 1.165) is 5.52 Å². The maximum Gasteiger partial charge on any atom is 0.144 e. The van der Waals surface area contributed by atoms with Crippen LogP contribution in [0.5, 0.6) is 0 Å². The SMILES string of the molecule is N#Cc1cccc2cnnn12. The summed E-state index contributed by atoms with van der Waals surface area (Å²) in [6, 6.07) is 7.36. The van der Waals surface area contributed by atoms with Crippen LogP contribution in [0.1, 0.15) is 5.69 Å². The molecule has 11 heavy (non-hydrogen) atoms. The molecule has 0 saturated heterocycles. The van der Waals surface area contributed by atoms with Crippen molar-refractivity contribution in [2.24, 2.45) is 0 Å². The van der Waals surface area contributed by atoms with Gasteiger partial charge in [0.15, 0.2) is 0 Å². The molecule has 0 atom stereocenters. The Labute approximate surface area is 62.7 Å². The zero-order valence-electron chi connectivity index (χ0n) is 5.60. The minimum Gasteiger partial charge on any atom is -0.203 e. The Morgan fingerprint density at radius 2 is 2.36 bits per heavy atom. The van der Waals surface area contributed by atoms with Crippen LogP contribution in [0, 0.1) is 11.3 Å². The number of rotatable bonds is 0. The molecule has 0 unspecified atom stereocenters. The van der Waals surface area contributed by atoms with Crippen molar-refractivity contribution >= 4 is 5.52 Å². The lowest BCUT2D eigenvalue weighted by Crippen LogP contribution is -1.92. The summed E-state index contributed by atoms with van der Waals surface area (Å²) in [7, 11) is 0. The zero-order chi connectivity index (χ0) is 7.68. The number of fused-ring (bicyclic) bond motifs is 1. The van der Waals surface area contributed by atoms with Gasteiger partial charge in [0.2, 0.25) is 0 Å². The number of hydrogen-bond donors (Lipinski definition) is 0. The Morgan fingerprint density at radius 1 is 1.45 bits per heavy atom. The smallest absolute Gasteiger partial charge is 0.144 e. The highest BCUT2D eigenvalue weighted by Gasteiger charge is 1.97. The van der Waals surface area contributed by atoms with Gasteiger partial charge in [0.1, 0.15) is 11.8 Å². The summed E-state index contributed by atoms with van der Waals surface area (Å²) in [6.45, 7) is 0. The van der Waals surface area contributed by atoms with E-state index >= 15 is 0 Å². The molecule has 2 aromatic heterocycles. The summed E-state index contributed by atoms with van der Waals surface area (Å²) in [5, 5.41) is 16.0. The average Bonchev–Trinajstić information content (AvgIpc) is 2.50. The summed E-state index contributed by atoms with van der Waals surface area (Å²) in [6.07, 6.45) is 1.61. The highest BCUT2D eigenvalue weighted by Crippen LogP contribution is 2.02. The van der Waals surface area contributed by atoms with Crippen LogP contribution in [-0.4, -0.2) is 14.8 Å². The Bertz CT molecular complexity index is 423. The van der Waals surface area contributed by atoms with E-state index in [-0.39, 0.29) is 0 Å². The van der Waals surface area contributed by atoms with E-state index < -0.39 is 0 Å². The molecule has 0 spiro atoms. The second-order valence-electron chi connectivity index (χ2n) is 2.09. The van der Waals surface area contributed by atoms with Gasteiger partial charge in [0.05, 0.1) is 11.7 Å². The molecule has 0 aliphatic heterocycles. The first-order chi connectivity index (χ1) is 5.42. The Balaban J connectivity index is 2.92. The van der Waals surface area contributed by atoms with Crippen LogP contribution < -0.4 is 0 Å². The monoisotopic (exact) mass is 144 g/mol. The van der Waals surface area contributed by atoms with Crippen molar-refractivity contribution in [1.29, 1.82) is 5.26 Å². The summed E-state index contributed by atoms with van der Waals surface area (Å²) in [4.78, 5) is 0. The first-order valence-corrected chi connectivity index (χ1v) is 3.11. The normalized spacial score (nSPS) is 9.73. The van der Waals surface area contributed by atoms with Crippen molar-refractivity contribution in [3.8, 4) is 6.07 Å². The molecule has 4 heteroatoms. The first kappa shape index (κ1) is 5.86. The van der Waals surface area contributed by atoms with Gasteiger partial charge in [-0.3, -0.25) is 0 Å². The lowest BCUT2D eigenvalue weighted by atomic mass is 10.3. The molecule has 0 aliphatic rings. The van der Waals surface area contributed by atoms with Crippen molar-refractivity contribution in [3.05, 3.63) is 30.1 Å². The molecular formula is C7H4N4. The van der Waals surface area contributed by atoms with Crippen molar-refractivity contribution in [1.82, 2.24) is 14.8 Å². The van der Waals surface area contributed by atoms with Crippen LogP contribution >= 0.6 is 0 Å². The van der Waals surface area contributed by atoms with Crippen molar-refractivity contribution < 1.29 is 0 Å². The maximum absolute atomic E-state index is 8.62. The van der Waals surface area contributed by atoms with E-state index in [1.54, 1.807) is 18.3 Å². The fraction of sp³-hybridized carbons (Fsp3) is 0. The molecule has 0 amide bonds. The van der Waals surface area contributed by atoms with Crippen LogP contribution in [0.4, 0.5) is 0 Å². The van der Waals surface area contributed by atoms with Crippen LogP contribution in [0.3, 0.4) is 0 Å². The minimum absolute atomic E-state index is 0.500. The lowest BCUT2D eigenvalue weighted by Gasteiger charge is -1.91. The molecule has 0 saturated carbocycles. The highest BCUT2D eigenvalue weighted by atomic mass is 15.4. The average molecular weight is 144 g/mol. The third kappa shape index (κ3) is 0.749. The van der Waals surface area contributed by atoms with E-state index in [9.17, 15) is 0 Å². The second-order valence-corrected chi connectivity index (χ2v) is 2.09. The van der Waals surface area contributed by atoms with Crippen LogP contribution in [0.15, 0.2) is 24.4 Å². The molecule has 0 bridgehead atoms. The number of aromatic nitrogens is 3. The molecular weight excluding hydrogens is 140 g/mol. The van der Waals surface area contributed by atoms with Crippen molar-refractivity contribution in [2.75, 3.05) is 0 Å². The van der Waals surface area contributed by atoms with E-state index in [1.807, 2.05) is 12.1 Å². The molecule has 0 radical (unpaired) electrons. The first-order valence-electron chi connectivity index (χ1n) is 3.11. The van der Waals surface area contributed by atoms with Crippen molar-refractivity contribution in [3.63, 3.8) is 0 Å². The number of nitrogens with zero attached hydrogens (tertiary/aromatic N) is 4. The number of nitriles is 1. The second kappa shape index (κ2) is 2.06. The molecule has 0 fully saturated rings. The van der Waals surface area contributed by atoms with Gasteiger partial charge in [-0.05, 0) is 12.1 Å². The zero-order valence-corrected chi connectivity index (χ0v) is 5.60. The molecule has 52 valence electrons. The van der Waals surface area contributed by atoms with Crippen molar-refractivity contribution in [2.45, 2.75) is 0 Å². The standard InChI is InChI=1S/C7H4N4/c8-4-6-2-1-3-7-5-9-10-11(6)7/h1-3,5H. The van der Waals surface area contributed by atoms with Gasteiger partial charge in [0.25, 0.3) is 0 Å². The van der Waals surface area contributed by atoms with E-state index in [2.05, 4.69) is 10.3 Å². The van der Waals surface area contributed by atoms with Gasteiger partial charge in [-0.1, -0.05) is 11.3 Å². The molecule has 0 N–H and O–H groups in total. The van der Waals surface area contributed by atoms with Crippen LogP contribution in [0.2, 0.25) is 0 Å². The Hall–Kier alpha value is -1.89. The lowest BCUT2D eigenvalue weighted by molar-refractivity contribution is 0.844. The quantitative estimate of drug-likeness (QED) is 0.544. The third-order valence-corrected chi connectivity index (χ3v) is 1.44. The van der Waals surface area contributed by atoms with E-state index in [0.29, 0.717) is 5.69 Å². The molecule has 2 heterocycles. The fourth-order valence-electron chi connectivity index (χ4n) is 0.937. The predicted molar refractivity (Wildman–Crippen MR) is 37.7 cm³/mol. The minimum atomic E-state index is 0.500. The fourth-order valence-corrected chi connectivity index (χ4v) is 0.937. The number of pyridine rings is 1. The predicted octanol–water partition coefficient (Wildman–Crippen LogP) is 0.601. The van der Waals surface area contributed by atoms with Gasteiger partial charge in [-0.2, -0.15) is 5.26 Å². The van der Waals surface area contributed by atoms with Crippen LogP contribution in [0.25, 0.3) is 5.52 Å². The summed E-state index contributed by atoms with van der Waals surface area (Å²) in [5.41, 5.74) is 1.34. The van der Waals surface area contributed by atoms with E-state index in [1.165, 1.54) is 4.52 Å². The molecule has 0 aromatic carbocycles. The topological polar surface area (TPSA) is 54.0 Å². The summed E-state index contributed by atoms with van der Waals surface area (Å²) in [5.74, 6) is 0. The highest BCUT2D eigenvalue weighted by molar-refractivity contribution is 5.46. The van der Waals surface area contributed by atoms with E-state index in [4.69, 9.17) is 5.26 Å². The third-order valence-electron chi connectivity index (χ3n) is 1.44. The molecule has 4 nitrogen and oxygen atoms in total. The summed E-state index contributed by atoms with van der Waals surface area (Å²) >= 11 is 0. The summed E-state index contributed by atoms with van der Waals surface area (Å²) < 4.78 is 1.50. The Kier molecular flexibility index (Phi) is 1.10. The number of hydrogen-bond acceptors (Lipinski definition) is 3.